The van der Waals surface area contributed by atoms with E-state index in [-0.39, 0.29) is 63.1 Å². The van der Waals surface area contributed by atoms with Crippen molar-refractivity contribution in [3.05, 3.63) is 46.9 Å². The first-order chi connectivity index (χ1) is 10.8. The molecule has 0 amide bonds. The smallest absolute Gasteiger partial charge is 0.693 e. The molecule has 26 heavy (non-hydrogen) atoms. The molecule has 2 aliphatic rings. The van der Waals surface area contributed by atoms with E-state index in [1.165, 1.54) is 12.8 Å². The largest absolute Gasteiger partial charge is 1.00 e. The van der Waals surface area contributed by atoms with Crippen molar-refractivity contribution in [2.24, 2.45) is 20.4 Å². The Hall–Kier alpha value is -0.679. The average molecular weight is 546 g/mol. The van der Waals surface area contributed by atoms with E-state index in [4.69, 9.17) is 0 Å². The van der Waals surface area contributed by atoms with Crippen molar-refractivity contribution in [3.8, 4) is 0 Å². The van der Waals surface area contributed by atoms with Gasteiger partial charge in [0.05, 0.1) is 11.4 Å². The number of hydrogen-bond donors (Lipinski definition) is 0. The van der Waals surface area contributed by atoms with E-state index in [1.807, 2.05) is 38.3 Å². The van der Waals surface area contributed by atoms with E-state index in [2.05, 4.69) is 31.0 Å². The van der Waals surface area contributed by atoms with Gasteiger partial charge < -0.3 is 22.9 Å². The van der Waals surface area contributed by atoms with Gasteiger partial charge in [-0.05, 0) is 13.8 Å². The van der Waals surface area contributed by atoms with E-state index in [9.17, 15) is 0 Å². The molecule has 2 rings (SSSR count). The molecule has 154 valence electrons. The first-order valence-corrected chi connectivity index (χ1v) is 7.62. The van der Waals surface area contributed by atoms with Crippen molar-refractivity contribution in [2.75, 3.05) is 13.1 Å². The van der Waals surface area contributed by atoms with Crippen LogP contribution in [0.25, 0.3) is 22.9 Å². The number of nitrogens with zero attached hydrogens (tertiary/aromatic N) is 6. The Bertz CT molecular complexity index is 546. The third-order valence-corrected chi connectivity index (χ3v) is 3.42. The Labute approximate surface area is 187 Å². The molecule has 1 fully saturated rings. The normalized spacial score (nSPS) is 20.2. The fourth-order valence-electron chi connectivity index (χ4n) is 1.97. The summed E-state index contributed by atoms with van der Waals surface area (Å²) >= 11 is 0. The first-order valence-electron chi connectivity index (χ1n) is 7.62. The molecular formula is C16H26Ag2N8-2. The van der Waals surface area contributed by atoms with Crippen LogP contribution in [0.15, 0.2) is 44.3 Å². The predicted octanol–water partition coefficient (Wildman–Crippen LogP) is 5.06. The standard InChI is InChI=1S/C16H22N6.2Ag.2H2N/c1-13(21-19-11-15-7-3-5-9-17-15)14(2)22-20-12-16-8-4-6-10-18-16;;;;/h3,5,7,11-12,16H,4,6,8-10H2,1-2H3;;;2*1H2/q-2;2*+1;2*-1. The van der Waals surface area contributed by atoms with Crippen LogP contribution in [0.3, 0.4) is 0 Å². The van der Waals surface area contributed by atoms with Crippen molar-refractivity contribution in [1.82, 2.24) is 0 Å². The van der Waals surface area contributed by atoms with Crippen LogP contribution < -0.4 is 0 Å². The second-order valence-corrected chi connectivity index (χ2v) is 5.21. The summed E-state index contributed by atoms with van der Waals surface area (Å²) in [5, 5.41) is 25.2. The van der Waals surface area contributed by atoms with Gasteiger partial charge in [-0.3, -0.25) is 0 Å². The van der Waals surface area contributed by atoms with Crippen LogP contribution in [0.1, 0.15) is 33.1 Å². The van der Waals surface area contributed by atoms with Gasteiger partial charge in [-0.25, -0.2) is 0 Å². The zero-order valence-electron chi connectivity index (χ0n) is 14.9. The van der Waals surface area contributed by atoms with Crippen LogP contribution in [0, 0.1) is 0 Å². The monoisotopic (exact) mass is 544 g/mol. The maximum atomic E-state index is 4.48. The van der Waals surface area contributed by atoms with Gasteiger partial charge in [-0.15, -0.1) is 24.9 Å². The number of nitrogens with two attached hydrogens (primary N) is 2. The van der Waals surface area contributed by atoms with E-state index in [0.29, 0.717) is 6.54 Å². The summed E-state index contributed by atoms with van der Waals surface area (Å²) in [5.74, 6) is 0. The van der Waals surface area contributed by atoms with E-state index in [0.717, 1.165) is 30.1 Å². The molecule has 10 heteroatoms. The molecule has 0 aromatic heterocycles. The van der Waals surface area contributed by atoms with Crippen molar-refractivity contribution < 1.29 is 44.8 Å². The quantitative estimate of drug-likeness (QED) is 0.258. The van der Waals surface area contributed by atoms with Gasteiger partial charge in [-0.2, -0.15) is 20.4 Å². The van der Waals surface area contributed by atoms with Gasteiger partial charge >= 0.3 is 44.8 Å². The zero-order valence-corrected chi connectivity index (χ0v) is 17.9. The van der Waals surface area contributed by atoms with Gasteiger partial charge in [0.1, 0.15) is 0 Å². The molecule has 0 aromatic rings. The molecule has 0 aromatic carbocycles. The number of piperidine rings is 1. The van der Waals surface area contributed by atoms with Gasteiger partial charge in [0.25, 0.3) is 0 Å². The third-order valence-electron chi connectivity index (χ3n) is 3.42. The molecular weight excluding hydrogens is 520 g/mol. The molecule has 1 unspecified atom stereocenters. The van der Waals surface area contributed by atoms with Crippen LogP contribution in [-0.4, -0.2) is 43.0 Å². The van der Waals surface area contributed by atoms with Crippen LogP contribution in [-0.2, 0) is 44.8 Å². The van der Waals surface area contributed by atoms with E-state index in [1.54, 1.807) is 6.21 Å². The second kappa shape index (κ2) is 17.7. The summed E-state index contributed by atoms with van der Waals surface area (Å²) in [4.78, 5) is 0. The number of allylic oxidation sites excluding steroid dienone is 3. The molecule has 2 aliphatic heterocycles. The molecule has 0 saturated carbocycles. The molecule has 8 nitrogen and oxygen atoms in total. The zero-order chi connectivity index (χ0) is 15.6. The topological polar surface area (TPSA) is 145 Å². The van der Waals surface area contributed by atoms with Crippen molar-refractivity contribution >= 4 is 23.9 Å². The summed E-state index contributed by atoms with van der Waals surface area (Å²) in [6, 6.07) is 0.216. The molecule has 0 bridgehead atoms. The first kappa shape index (κ1) is 30.1. The summed E-state index contributed by atoms with van der Waals surface area (Å²) in [5.41, 5.74) is 2.31. The van der Waals surface area contributed by atoms with E-state index >= 15 is 0 Å². The number of hydrogen-bond acceptors (Lipinski definition) is 4. The summed E-state index contributed by atoms with van der Waals surface area (Å²) < 4.78 is 0. The molecule has 1 saturated heterocycles. The molecule has 0 spiro atoms. The fraction of sp³-hybridized carbons (Fsp3) is 0.500. The fourth-order valence-corrected chi connectivity index (χ4v) is 1.97. The van der Waals surface area contributed by atoms with Gasteiger partial charge in [-0.1, -0.05) is 37.5 Å². The average Bonchev–Trinajstić information content (AvgIpc) is 2.56. The SMILES string of the molecule is CC(=NN=CC1=CC=CC[N-]1)C(C)=NN=CC1CCCC[N-]1.[Ag+].[Ag+].[NH2-].[NH2-]. The van der Waals surface area contributed by atoms with E-state index < -0.39 is 0 Å². The third kappa shape index (κ3) is 11.8. The summed E-state index contributed by atoms with van der Waals surface area (Å²) in [7, 11) is 0. The Morgan fingerprint density at radius 2 is 1.77 bits per heavy atom. The summed E-state index contributed by atoms with van der Waals surface area (Å²) in [6.07, 6.45) is 12.8. The Balaban J connectivity index is -0.00000132. The van der Waals surface area contributed by atoms with Crippen LogP contribution in [0.5, 0.6) is 0 Å². The maximum absolute atomic E-state index is 4.48. The van der Waals surface area contributed by atoms with Crippen molar-refractivity contribution in [2.45, 2.75) is 39.2 Å². The maximum Gasteiger partial charge on any atom is 1.00 e. The van der Waals surface area contributed by atoms with Gasteiger partial charge in [0.2, 0.25) is 0 Å². The van der Waals surface area contributed by atoms with Crippen LogP contribution in [0.2, 0.25) is 0 Å². The molecule has 0 radical (unpaired) electrons. The van der Waals surface area contributed by atoms with Crippen LogP contribution in [0.4, 0.5) is 0 Å². The minimum absolute atomic E-state index is 0. The minimum Gasteiger partial charge on any atom is -0.693 e. The van der Waals surface area contributed by atoms with Gasteiger partial charge in [0.15, 0.2) is 0 Å². The minimum atomic E-state index is 0. The van der Waals surface area contributed by atoms with Crippen molar-refractivity contribution in [1.29, 1.82) is 0 Å². The van der Waals surface area contributed by atoms with Gasteiger partial charge in [0, 0.05) is 12.4 Å². The molecule has 1 atom stereocenters. The second-order valence-electron chi connectivity index (χ2n) is 5.21. The molecule has 2 heterocycles. The Morgan fingerprint density at radius 3 is 2.35 bits per heavy atom. The Kier molecular flexibility index (Phi) is 20.5. The van der Waals surface area contributed by atoms with Crippen molar-refractivity contribution in [3.63, 3.8) is 0 Å². The predicted molar refractivity (Wildman–Crippen MR) is 105 cm³/mol. The van der Waals surface area contributed by atoms with Crippen LogP contribution >= 0.6 is 0 Å². The summed E-state index contributed by atoms with van der Waals surface area (Å²) in [6.45, 7) is 5.37. The molecule has 0 aliphatic carbocycles. The molecule has 4 N–H and O–H groups in total. The Morgan fingerprint density at radius 1 is 1.08 bits per heavy atom. The number of rotatable bonds is 5.